The fraction of sp³-hybridized carbons (Fsp3) is 0.188. The zero-order chi connectivity index (χ0) is 15.1. The molecule has 0 aliphatic carbocycles. The molecule has 5 heteroatoms. The Morgan fingerprint density at radius 1 is 1.10 bits per heavy atom. The zero-order valence-electron chi connectivity index (χ0n) is 11.4. The van der Waals surface area contributed by atoms with E-state index in [0.717, 1.165) is 28.9 Å². The Kier molecular flexibility index (Phi) is 3.22. The number of nitrogens with zero attached hydrogens (tertiary/aromatic N) is 1. The first-order valence-electron chi connectivity index (χ1n) is 6.57. The van der Waals surface area contributed by atoms with Crippen molar-refractivity contribution in [3.05, 3.63) is 64.7 Å². The number of fused-ring (bicyclic) bond motifs is 1. The van der Waals surface area contributed by atoms with Gasteiger partial charge in [0.25, 0.3) is 0 Å². The van der Waals surface area contributed by atoms with Crippen LogP contribution >= 0.6 is 0 Å². The Labute approximate surface area is 121 Å². The molecule has 1 unspecified atom stereocenters. The quantitative estimate of drug-likeness (QED) is 0.923. The summed E-state index contributed by atoms with van der Waals surface area (Å²) in [5, 5.41) is 0. The highest BCUT2D eigenvalue weighted by Crippen LogP contribution is 2.31. The van der Waals surface area contributed by atoms with Crippen LogP contribution in [0.2, 0.25) is 0 Å². The van der Waals surface area contributed by atoms with Crippen LogP contribution in [0.25, 0.3) is 0 Å². The molecule has 3 nitrogen and oxygen atoms in total. The number of halogens is 2. The van der Waals surface area contributed by atoms with Crippen molar-refractivity contribution in [2.45, 2.75) is 12.5 Å². The highest BCUT2D eigenvalue weighted by Gasteiger charge is 2.24. The fourth-order valence-electron chi connectivity index (χ4n) is 2.58. The maximum Gasteiger partial charge on any atom is 0.231 e. The SMILES string of the molecule is CN1C(=O)Cc2cc(C(N)c3ccc(F)c(F)c3)ccc21. The Morgan fingerprint density at radius 2 is 1.76 bits per heavy atom. The van der Waals surface area contributed by atoms with Crippen LogP contribution in [0.15, 0.2) is 36.4 Å². The molecule has 1 amide bonds. The lowest BCUT2D eigenvalue weighted by atomic mass is 9.97. The number of amides is 1. The summed E-state index contributed by atoms with van der Waals surface area (Å²) in [4.78, 5) is 13.3. The van der Waals surface area contributed by atoms with E-state index in [0.29, 0.717) is 12.0 Å². The van der Waals surface area contributed by atoms with Crippen LogP contribution < -0.4 is 10.6 Å². The van der Waals surface area contributed by atoms with Gasteiger partial charge in [0, 0.05) is 12.7 Å². The van der Waals surface area contributed by atoms with Crippen molar-refractivity contribution in [2.24, 2.45) is 5.73 Å². The Hall–Kier alpha value is -2.27. The molecule has 0 radical (unpaired) electrons. The molecule has 2 N–H and O–H groups in total. The Morgan fingerprint density at radius 3 is 2.48 bits per heavy atom. The first-order chi connectivity index (χ1) is 9.97. The van der Waals surface area contributed by atoms with Gasteiger partial charge in [0.2, 0.25) is 5.91 Å². The fourth-order valence-corrected chi connectivity index (χ4v) is 2.58. The number of likely N-dealkylation sites (N-methyl/N-ethyl adjacent to an activating group) is 1. The minimum Gasteiger partial charge on any atom is -0.320 e. The van der Waals surface area contributed by atoms with E-state index in [-0.39, 0.29) is 5.91 Å². The maximum absolute atomic E-state index is 13.3. The number of carbonyl (C=O) groups excluding carboxylic acids is 1. The molecular formula is C16H14F2N2O. The van der Waals surface area contributed by atoms with E-state index in [1.165, 1.54) is 6.07 Å². The van der Waals surface area contributed by atoms with Crippen molar-refractivity contribution in [3.8, 4) is 0 Å². The molecule has 1 atom stereocenters. The summed E-state index contributed by atoms with van der Waals surface area (Å²) >= 11 is 0. The summed E-state index contributed by atoms with van der Waals surface area (Å²) in [6.07, 6.45) is 0.337. The van der Waals surface area contributed by atoms with Gasteiger partial charge in [0.15, 0.2) is 11.6 Å². The molecule has 21 heavy (non-hydrogen) atoms. The number of hydrogen-bond donors (Lipinski definition) is 1. The molecule has 0 saturated heterocycles. The third-order valence-electron chi connectivity index (χ3n) is 3.84. The molecule has 0 bridgehead atoms. The highest BCUT2D eigenvalue weighted by atomic mass is 19.2. The molecule has 108 valence electrons. The Balaban J connectivity index is 1.96. The number of rotatable bonds is 2. The third kappa shape index (κ3) is 2.29. The number of hydrogen-bond acceptors (Lipinski definition) is 2. The minimum absolute atomic E-state index is 0.0311. The molecule has 1 heterocycles. The highest BCUT2D eigenvalue weighted by molar-refractivity contribution is 6.00. The lowest BCUT2D eigenvalue weighted by Gasteiger charge is -2.15. The standard InChI is InChI=1S/C16H14F2N2O/c1-20-14-5-3-9(6-11(14)8-15(20)21)16(19)10-2-4-12(17)13(18)7-10/h2-7,16H,8,19H2,1H3. The van der Waals surface area contributed by atoms with Gasteiger partial charge < -0.3 is 10.6 Å². The van der Waals surface area contributed by atoms with Crippen LogP contribution in [0.4, 0.5) is 14.5 Å². The second-order valence-electron chi connectivity index (χ2n) is 5.17. The first-order valence-corrected chi connectivity index (χ1v) is 6.57. The summed E-state index contributed by atoms with van der Waals surface area (Å²) < 4.78 is 26.3. The van der Waals surface area contributed by atoms with Gasteiger partial charge in [0.05, 0.1) is 12.5 Å². The van der Waals surface area contributed by atoms with Gasteiger partial charge in [-0.05, 0) is 34.9 Å². The van der Waals surface area contributed by atoms with Crippen LogP contribution in [-0.2, 0) is 11.2 Å². The van der Waals surface area contributed by atoms with Crippen LogP contribution in [0, 0.1) is 11.6 Å². The van der Waals surface area contributed by atoms with Crippen molar-refractivity contribution in [3.63, 3.8) is 0 Å². The molecule has 0 spiro atoms. The number of carbonyl (C=O) groups is 1. The van der Waals surface area contributed by atoms with Crippen molar-refractivity contribution in [1.29, 1.82) is 0 Å². The largest absolute Gasteiger partial charge is 0.320 e. The molecule has 3 rings (SSSR count). The van der Waals surface area contributed by atoms with Gasteiger partial charge in [-0.25, -0.2) is 8.78 Å². The summed E-state index contributed by atoms with van der Waals surface area (Å²) in [6, 6.07) is 8.55. The smallest absolute Gasteiger partial charge is 0.231 e. The molecule has 2 aromatic carbocycles. The van der Waals surface area contributed by atoms with Crippen molar-refractivity contribution in [1.82, 2.24) is 0 Å². The van der Waals surface area contributed by atoms with E-state index in [2.05, 4.69) is 0 Å². The summed E-state index contributed by atoms with van der Waals surface area (Å²) in [7, 11) is 1.73. The maximum atomic E-state index is 13.3. The summed E-state index contributed by atoms with van der Waals surface area (Å²) in [5.41, 5.74) is 9.13. The van der Waals surface area contributed by atoms with Crippen LogP contribution in [-0.4, -0.2) is 13.0 Å². The molecule has 2 aromatic rings. The lowest BCUT2D eigenvalue weighted by molar-refractivity contribution is -0.117. The van der Waals surface area contributed by atoms with Gasteiger partial charge in [-0.3, -0.25) is 4.79 Å². The zero-order valence-corrected chi connectivity index (χ0v) is 11.4. The topological polar surface area (TPSA) is 46.3 Å². The van der Waals surface area contributed by atoms with Crippen LogP contribution in [0.1, 0.15) is 22.7 Å². The average Bonchev–Trinajstić information content (AvgIpc) is 2.76. The monoisotopic (exact) mass is 288 g/mol. The van der Waals surface area contributed by atoms with Gasteiger partial charge in [-0.1, -0.05) is 18.2 Å². The predicted molar refractivity (Wildman–Crippen MR) is 75.9 cm³/mol. The van der Waals surface area contributed by atoms with Gasteiger partial charge >= 0.3 is 0 Å². The Bertz CT molecular complexity index is 730. The second-order valence-corrected chi connectivity index (χ2v) is 5.17. The molecule has 0 saturated carbocycles. The van der Waals surface area contributed by atoms with E-state index in [1.54, 1.807) is 18.0 Å². The number of nitrogens with two attached hydrogens (primary N) is 1. The van der Waals surface area contributed by atoms with Crippen molar-refractivity contribution < 1.29 is 13.6 Å². The van der Waals surface area contributed by atoms with Gasteiger partial charge in [-0.2, -0.15) is 0 Å². The van der Waals surface area contributed by atoms with Crippen LogP contribution in [0.3, 0.4) is 0 Å². The van der Waals surface area contributed by atoms with E-state index >= 15 is 0 Å². The average molecular weight is 288 g/mol. The minimum atomic E-state index is -0.918. The van der Waals surface area contributed by atoms with Crippen LogP contribution in [0.5, 0.6) is 0 Å². The van der Waals surface area contributed by atoms with Crippen molar-refractivity contribution in [2.75, 3.05) is 11.9 Å². The predicted octanol–water partition coefficient (Wildman–Crippen LogP) is 2.53. The lowest BCUT2D eigenvalue weighted by Crippen LogP contribution is -2.20. The molecule has 1 aliphatic heterocycles. The molecule has 0 fully saturated rings. The van der Waals surface area contributed by atoms with Crippen molar-refractivity contribution >= 4 is 11.6 Å². The van der Waals surface area contributed by atoms with E-state index in [9.17, 15) is 13.6 Å². The summed E-state index contributed by atoms with van der Waals surface area (Å²) in [6.45, 7) is 0. The van der Waals surface area contributed by atoms with Gasteiger partial charge in [-0.15, -0.1) is 0 Å². The van der Waals surface area contributed by atoms with E-state index in [1.807, 2.05) is 12.1 Å². The van der Waals surface area contributed by atoms with E-state index in [4.69, 9.17) is 5.73 Å². The first kappa shape index (κ1) is 13.7. The number of benzene rings is 2. The molecule has 0 aromatic heterocycles. The molecule has 1 aliphatic rings. The number of anilines is 1. The summed E-state index contributed by atoms with van der Waals surface area (Å²) in [5.74, 6) is -1.78. The van der Waals surface area contributed by atoms with E-state index < -0.39 is 17.7 Å². The molecular weight excluding hydrogens is 274 g/mol. The normalized spacial score (nSPS) is 15.2. The van der Waals surface area contributed by atoms with Gasteiger partial charge in [0.1, 0.15) is 0 Å². The second kappa shape index (κ2) is 4.93. The third-order valence-corrected chi connectivity index (χ3v) is 3.84.